The summed E-state index contributed by atoms with van der Waals surface area (Å²) in [6, 6.07) is 4.43. The molecule has 1 aromatic rings. The fraction of sp³-hybridized carbons (Fsp3) is 0.650. The largest absolute Gasteiger partial charge is 0.460 e. The fourth-order valence-electron chi connectivity index (χ4n) is 3.69. The molecule has 6 nitrogen and oxygen atoms in total. The molecule has 1 aliphatic heterocycles. The normalized spacial score (nSPS) is 26.4. The van der Waals surface area contributed by atoms with Gasteiger partial charge in [-0.25, -0.2) is 4.99 Å². The summed E-state index contributed by atoms with van der Waals surface area (Å²) in [6.45, 7) is 11.0. The number of hydrogen-bond donors (Lipinski definition) is 2. The van der Waals surface area contributed by atoms with Crippen molar-refractivity contribution in [2.24, 2.45) is 4.99 Å². The minimum Gasteiger partial charge on any atom is -0.460 e. The van der Waals surface area contributed by atoms with E-state index >= 15 is 0 Å². The second-order valence-corrected chi connectivity index (χ2v) is 7.63. The molecule has 26 heavy (non-hydrogen) atoms. The molecule has 2 N–H and O–H groups in total. The van der Waals surface area contributed by atoms with E-state index in [1.54, 1.807) is 0 Å². The van der Waals surface area contributed by atoms with E-state index < -0.39 is 0 Å². The number of nitrogens with zero attached hydrogens (tertiary/aromatic N) is 3. The van der Waals surface area contributed by atoms with Crippen LogP contribution in [-0.4, -0.2) is 67.0 Å². The lowest BCUT2D eigenvalue weighted by Gasteiger charge is -2.31. The molecule has 1 aromatic heterocycles. The molecule has 6 heteroatoms. The molecular weight excluding hydrogens is 328 g/mol. The molecule has 0 spiro atoms. The highest BCUT2D eigenvalue weighted by Crippen LogP contribution is 2.24. The van der Waals surface area contributed by atoms with Crippen molar-refractivity contribution in [1.29, 1.82) is 0 Å². The predicted octanol–water partition coefficient (Wildman–Crippen LogP) is 2.31. The number of aliphatic imine (C=N–C) groups is 1. The number of aliphatic hydroxyl groups excluding tert-OH is 1. The van der Waals surface area contributed by atoms with Crippen molar-refractivity contribution in [3.63, 3.8) is 0 Å². The number of furan rings is 1. The summed E-state index contributed by atoms with van der Waals surface area (Å²) in [5, 5.41) is 13.1. The average Bonchev–Trinajstić information content (AvgIpc) is 3.11. The van der Waals surface area contributed by atoms with Gasteiger partial charge in [0.25, 0.3) is 0 Å². The maximum Gasteiger partial charge on any atom is 0.133 e. The van der Waals surface area contributed by atoms with Gasteiger partial charge in [-0.3, -0.25) is 4.90 Å². The quantitative estimate of drug-likeness (QED) is 0.762. The van der Waals surface area contributed by atoms with Crippen molar-refractivity contribution in [1.82, 2.24) is 15.1 Å². The van der Waals surface area contributed by atoms with Crippen LogP contribution in [0.1, 0.15) is 44.1 Å². The van der Waals surface area contributed by atoms with E-state index in [9.17, 15) is 5.11 Å². The first kappa shape index (κ1) is 19.1. The van der Waals surface area contributed by atoms with Gasteiger partial charge in [0.15, 0.2) is 0 Å². The molecule has 3 rings (SSSR count). The smallest absolute Gasteiger partial charge is 0.133 e. The van der Waals surface area contributed by atoms with Crippen LogP contribution in [0.2, 0.25) is 0 Å². The van der Waals surface area contributed by atoms with Crippen LogP contribution in [0.25, 0.3) is 5.57 Å². The Hall–Kier alpha value is -1.63. The van der Waals surface area contributed by atoms with E-state index in [0.717, 1.165) is 81.3 Å². The maximum absolute atomic E-state index is 9.66. The minimum atomic E-state index is -0.152. The van der Waals surface area contributed by atoms with E-state index in [-0.39, 0.29) is 6.10 Å². The number of nitrogens with one attached hydrogen (secondary N) is 1. The van der Waals surface area contributed by atoms with Gasteiger partial charge in [0.05, 0.1) is 12.6 Å². The van der Waals surface area contributed by atoms with Crippen LogP contribution >= 0.6 is 0 Å². The van der Waals surface area contributed by atoms with Gasteiger partial charge in [0.2, 0.25) is 0 Å². The fourth-order valence-corrected chi connectivity index (χ4v) is 3.69. The van der Waals surface area contributed by atoms with Crippen LogP contribution in [0.15, 0.2) is 27.4 Å². The zero-order valence-electron chi connectivity index (χ0n) is 16.1. The van der Waals surface area contributed by atoms with Gasteiger partial charge in [0.1, 0.15) is 17.3 Å². The molecule has 1 saturated heterocycles. The zero-order chi connectivity index (χ0) is 18.5. The molecule has 0 amide bonds. The molecule has 0 unspecified atom stereocenters. The van der Waals surface area contributed by atoms with Crippen LogP contribution in [0.5, 0.6) is 0 Å². The van der Waals surface area contributed by atoms with Crippen LogP contribution in [0, 0.1) is 0 Å². The molecule has 0 atom stereocenters. The lowest BCUT2D eigenvalue weighted by Crippen LogP contribution is -2.43. The van der Waals surface area contributed by atoms with Gasteiger partial charge < -0.3 is 19.7 Å². The van der Waals surface area contributed by atoms with Crippen LogP contribution in [0.3, 0.4) is 0 Å². The Bertz CT molecular complexity index is 624. The van der Waals surface area contributed by atoms with E-state index in [4.69, 9.17) is 4.42 Å². The highest BCUT2D eigenvalue weighted by atomic mass is 16.3. The molecule has 0 aromatic carbocycles. The number of allylic oxidation sites excluding steroid dienone is 1. The first-order chi connectivity index (χ1) is 12.5. The van der Waals surface area contributed by atoms with Crippen molar-refractivity contribution in [3.8, 4) is 0 Å². The molecule has 0 radical (unpaired) electrons. The summed E-state index contributed by atoms with van der Waals surface area (Å²) in [7, 11) is 2.17. The van der Waals surface area contributed by atoms with Crippen molar-refractivity contribution < 1.29 is 9.52 Å². The molecule has 2 fully saturated rings. The van der Waals surface area contributed by atoms with E-state index in [2.05, 4.69) is 39.9 Å². The summed E-state index contributed by atoms with van der Waals surface area (Å²) in [6.07, 6.45) is 3.45. The Morgan fingerprint density at radius 3 is 2.58 bits per heavy atom. The van der Waals surface area contributed by atoms with Crippen molar-refractivity contribution in [2.75, 3.05) is 33.2 Å². The Kier molecular flexibility index (Phi) is 6.51. The average molecular weight is 361 g/mol. The molecule has 144 valence electrons. The van der Waals surface area contributed by atoms with Gasteiger partial charge in [-0.15, -0.1) is 0 Å². The lowest BCUT2D eigenvalue weighted by molar-refractivity contribution is 0.118. The SMILES string of the molecule is C=N/C(NC1CCC(O)CC1)=C(\C)c1ccc(CN2CCN(C)CC2)o1. The first-order valence-corrected chi connectivity index (χ1v) is 9.67. The number of likely N-dealkylation sites (N-methyl/N-ethyl adjacent to an activating group) is 1. The third kappa shape index (κ3) is 4.96. The lowest BCUT2D eigenvalue weighted by atomic mass is 9.93. The van der Waals surface area contributed by atoms with E-state index in [0.29, 0.717) is 6.04 Å². The molecule has 1 aliphatic carbocycles. The van der Waals surface area contributed by atoms with E-state index in [1.165, 1.54) is 0 Å². The van der Waals surface area contributed by atoms with Crippen molar-refractivity contribution in [2.45, 2.75) is 51.3 Å². The van der Waals surface area contributed by atoms with Gasteiger partial charge in [-0.1, -0.05) is 0 Å². The Balaban J connectivity index is 1.62. The second-order valence-electron chi connectivity index (χ2n) is 7.63. The van der Waals surface area contributed by atoms with Gasteiger partial charge in [-0.2, -0.15) is 0 Å². The monoisotopic (exact) mass is 360 g/mol. The Morgan fingerprint density at radius 2 is 1.92 bits per heavy atom. The van der Waals surface area contributed by atoms with Crippen LogP contribution in [0.4, 0.5) is 0 Å². The molecule has 0 bridgehead atoms. The Labute approximate surface area is 156 Å². The van der Waals surface area contributed by atoms with E-state index in [1.807, 2.05) is 13.0 Å². The molecule has 2 aliphatic rings. The number of aliphatic hydroxyl groups is 1. The molecule has 1 saturated carbocycles. The standard InChI is InChI=1S/C20H32N4O2/c1-15(20(21-2)22-16-4-6-17(25)7-5-16)19-9-8-18(26-19)14-24-12-10-23(3)11-13-24/h8-9,16-17,22,25H,2,4-7,10-14H2,1,3H3/b20-15-. The highest BCUT2D eigenvalue weighted by molar-refractivity contribution is 5.63. The van der Waals surface area contributed by atoms with Crippen LogP contribution in [-0.2, 0) is 6.54 Å². The van der Waals surface area contributed by atoms with Crippen molar-refractivity contribution >= 4 is 12.3 Å². The summed E-state index contributed by atoms with van der Waals surface area (Å²) in [4.78, 5) is 8.98. The Morgan fingerprint density at radius 1 is 1.23 bits per heavy atom. The molecule has 2 heterocycles. The summed E-state index contributed by atoms with van der Waals surface area (Å²) in [5.41, 5.74) is 0.982. The highest BCUT2D eigenvalue weighted by Gasteiger charge is 2.21. The topological polar surface area (TPSA) is 64.2 Å². The maximum atomic E-state index is 9.66. The van der Waals surface area contributed by atoms with Crippen LogP contribution < -0.4 is 5.32 Å². The summed E-state index contributed by atoms with van der Waals surface area (Å²) < 4.78 is 6.08. The van der Waals surface area contributed by atoms with Gasteiger partial charge >= 0.3 is 0 Å². The third-order valence-electron chi connectivity index (χ3n) is 5.56. The minimum absolute atomic E-state index is 0.152. The predicted molar refractivity (Wildman–Crippen MR) is 105 cm³/mol. The zero-order valence-corrected chi connectivity index (χ0v) is 16.1. The summed E-state index contributed by atoms with van der Waals surface area (Å²) in [5.74, 6) is 2.62. The van der Waals surface area contributed by atoms with Gasteiger partial charge in [-0.05, 0) is 58.5 Å². The van der Waals surface area contributed by atoms with Gasteiger partial charge in [0, 0.05) is 37.8 Å². The number of piperazine rings is 1. The number of hydrogen-bond acceptors (Lipinski definition) is 6. The second kappa shape index (κ2) is 8.84. The van der Waals surface area contributed by atoms with Crippen molar-refractivity contribution in [3.05, 3.63) is 29.5 Å². The third-order valence-corrected chi connectivity index (χ3v) is 5.56. The first-order valence-electron chi connectivity index (χ1n) is 9.67. The molecular formula is C20H32N4O2. The number of rotatable bonds is 6. The summed E-state index contributed by atoms with van der Waals surface area (Å²) >= 11 is 0.